The average Bonchev–Trinajstić information content (AvgIpc) is 3.08. The maximum atomic E-state index is 12.5. The minimum atomic E-state index is -4.82. The van der Waals surface area contributed by atoms with Crippen molar-refractivity contribution in [2.45, 2.75) is 18.2 Å². The van der Waals surface area contributed by atoms with E-state index in [0.717, 1.165) is 23.5 Å². The van der Waals surface area contributed by atoms with Crippen LogP contribution in [0.1, 0.15) is 15.4 Å². The van der Waals surface area contributed by atoms with Crippen molar-refractivity contribution in [3.8, 4) is 11.5 Å². The SMILES string of the molecule is COc1ccc(S(=O)(=O)Nc2nc(C)c(C(=O)Nc3ccc(OC(F)(F)F)cc3)s2)cc1. The second-order valence-electron chi connectivity index (χ2n) is 6.24. The van der Waals surface area contributed by atoms with Gasteiger partial charge in [0.25, 0.3) is 15.9 Å². The van der Waals surface area contributed by atoms with E-state index in [-0.39, 0.29) is 26.3 Å². The smallest absolute Gasteiger partial charge is 0.497 e. The van der Waals surface area contributed by atoms with Crippen LogP contribution in [0.3, 0.4) is 0 Å². The maximum absolute atomic E-state index is 12.5. The Bertz CT molecular complexity index is 1210. The molecule has 0 fully saturated rings. The highest BCUT2D eigenvalue weighted by Crippen LogP contribution is 2.28. The third kappa shape index (κ3) is 5.88. The Hall–Kier alpha value is -3.32. The second kappa shape index (κ2) is 9.04. The van der Waals surface area contributed by atoms with E-state index in [1.165, 1.54) is 50.4 Å². The summed E-state index contributed by atoms with van der Waals surface area (Å²) in [6.45, 7) is 1.52. The van der Waals surface area contributed by atoms with E-state index in [1.807, 2.05) is 0 Å². The molecule has 1 aromatic heterocycles. The zero-order chi connectivity index (χ0) is 23.5. The van der Waals surface area contributed by atoms with Gasteiger partial charge in [-0.25, -0.2) is 13.4 Å². The number of methoxy groups -OCH3 is 1. The number of aromatic nitrogens is 1. The minimum absolute atomic E-state index is 0.0154. The number of nitrogens with zero attached hydrogens (tertiary/aromatic N) is 1. The molecule has 1 heterocycles. The molecule has 0 aliphatic carbocycles. The number of hydrogen-bond donors (Lipinski definition) is 2. The summed E-state index contributed by atoms with van der Waals surface area (Å²) in [7, 11) is -2.49. The Morgan fingerprint density at radius 1 is 1.03 bits per heavy atom. The Balaban J connectivity index is 1.71. The number of halogens is 3. The van der Waals surface area contributed by atoms with Gasteiger partial charge in [0.2, 0.25) is 0 Å². The highest BCUT2D eigenvalue weighted by molar-refractivity contribution is 7.93. The third-order valence-corrected chi connectivity index (χ3v) is 6.50. The van der Waals surface area contributed by atoms with Crippen LogP contribution in [0.2, 0.25) is 0 Å². The van der Waals surface area contributed by atoms with Gasteiger partial charge in [0, 0.05) is 5.69 Å². The van der Waals surface area contributed by atoms with Crippen molar-refractivity contribution in [1.82, 2.24) is 4.98 Å². The van der Waals surface area contributed by atoms with E-state index in [9.17, 15) is 26.4 Å². The molecule has 0 aliphatic heterocycles. The first-order valence-corrected chi connectivity index (χ1v) is 11.1. The summed E-state index contributed by atoms with van der Waals surface area (Å²) in [6.07, 6.45) is -4.82. The van der Waals surface area contributed by atoms with Crippen molar-refractivity contribution in [3.63, 3.8) is 0 Å². The number of carbonyl (C=O) groups excluding carboxylic acids is 1. The van der Waals surface area contributed by atoms with Gasteiger partial charge in [0.05, 0.1) is 17.7 Å². The van der Waals surface area contributed by atoms with Crippen LogP contribution in [0.4, 0.5) is 24.0 Å². The fourth-order valence-electron chi connectivity index (χ4n) is 2.51. The molecule has 0 spiro atoms. The van der Waals surface area contributed by atoms with Gasteiger partial charge in [0.1, 0.15) is 16.4 Å². The number of thiazole rings is 1. The molecular formula is C19H16F3N3O5S2. The number of rotatable bonds is 7. The fraction of sp³-hybridized carbons (Fsp3) is 0.158. The van der Waals surface area contributed by atoms with E-state index in [0.29, 0.717) is 5.75 Å². The van der Waals surface area contributed by atoms with E-state index in [4.69, 9.17) is 4.74 Å². The molecule has 2 N–H and O–H groups in total. The first kappa shape index (κ1) is 23.3. The molecule has 0 saturated heterocycles. The number of anilines is 2. The number of sulfonamides is 1. The zero-order valence-electron chi connectivity index (χ0n) is 16.6. The summed E-state index contributed by atoms with van der Waals surface area (Å²) in [4.78, 5) is 16.7. The predicted molar refractivity (Wildman–Crippen MR) is 112 cm³/mol. The normalized spacial score (nSPS) is 11.7. The Kier molecular flexibility index (Phi) is 6.60. The fourth-order valence-corrected chi connectivity index (χ4v) is 4.60. The number of alkyl halides is 3. The molecule has 13 heteroatoms. The van der Waals surface area contributed by atoms with Crippen molar-refractivity contribution in [2.75, 3.05) is 17.1 Å². The summed E-state index contributed by atoms with van der Waals surface area (Å²) < 4.78 is 72.8. The number of amides is 1. The average molecular weight is 487 g/mol. The maximum Gasteiger partial charge on any atom is 0.573 e. The lowest BCUT2D eigenvalue weighted by Gasteiger charge is -2.09. The van der Waals surface area contributed by atoms with E-state index < -0.39 is 28.0 Å². The van der Waals surface area contributed by atoms with Gasteiger partial charge in [-0.15, -0.1) is 13.2 Å². The van der Waals surface area contributed by atoms with Crippen molar-refractivity contribution < 1.29 is 35.9 Å². The lowest BCUT2D eigenvalue weighted by molar-refractivity contribution is -0.274. The highest BCUT2D eigenvalue weighted by Gasteiger charge is 2.31. The van der Waals surface area contributed by atoms with Crippen LogP contribution in [0.25, 0.3) is 0 Å². The number of benzene rings is 2. The first-order valence-electron chi connectivity index (χ1n) is 8.78. The lowest BCUT2D eigenvalue weighted by atomic mass is 10.3. The van der Waals surface area contributed by atoms with E-state index in [1.54, 1.807) is 0 Å². The summed E-state index contributed by atoms with van der Waals surface area (Å²) in [5.74, 6) is -0.537. The number of carbonyl (C=O) groups is 1. The molecule has 3 aromatic rings. The Labute approximate surface area is 185 Å². The van der Waals surface area contributed by atoms with Crippen LogP contribution < -0.4 is 19.5 Å². The largest absolute Gasteiger partial charge is 0.573 e. The van der Waals surface area contributed by atoms with Gasteiger partial charge in [0.15, 0.2) is 5.13 Å². The molecular weight excluding hydrogens is 471 g/mol. The molecule has 8 nitrogen and oxygen atoms in total. The van der Waals surface area contributed by atoms with E-state index in [2.05, 4.69) is 19.8 Å². The van der Waals surface area contributed by atoms with Gasteiger partial charge in [-0.05, 0) is 55.5 Å². The van der Waals surface area contributed by atoms with Crippen LogP contribution in [-0.4, -0.2) is 32.8 Å². The molecule has 0 atom stereocenters. The monoisotopic (exact) mass is 487 g/mol. The molecule has 0 unspecified atom stereocenters. The van der Waals surface area contributed by atoms with Crippen molar-refractivity contribution in [3.05, 3.63) is 59.1 Å². The Morgan fingerprint density at radius 3 is 2.19 bits per heavy atom. The molecule has 32 heavy (non-hydrogen) atoms. The number of aryl methyl sites for hydroxylation is 1. The van der Waals surface area contributed by atoms with Crippen LogP contribution in [0.5, 0.6) is 11.5 Å². The zero-order valence-corrected chi connectivity index (χ0v) is 18.2. The minimum Gasteiger partial charge on any atom is -0.497 e. The lowest BCUT2D eigenvalue weighted by Crippen LogP contribution is -2.17. The van der Waals surface area contributed by atoms with Crippen LogP contribution in [0.15, 0.2) is 53.4 Å². The summed E-state index contributed by atoms with van der Waals surface area (Å²) in [6, 6.07) is 10.3. The van der Waals surface area contributed by atoms with Crippen LogP contribution in [-0.2, 0) is 10.0 Å². The van der Waals surface area contributed by atoms with Crippen LogP contribution in [0, 0.1) is 6.92 Å². The molecule has 3 rings (SSSR count). The third-order valence-electron chi connectivity index (χ3n) is 3.94. The standard InChI is InChI=1S/C19H16F3N3O5S2/c1-11-16(17(26)24-12-3-5-14(6-4-12)30-19(20,21)22)31-18(23-11)25-32(27,28)15-9-7-13(29-2)8-10-15/h3-10H,1-2H3,(H,23,25)(H,24,26). The van der Waals surface area contributed by atoms with Gasteiger partial charge in [-0.3, -0.25) is 9.52 Å². The summed E-state index contributed by atoms with van der Waals surface area (Å²) >= 11 is 0.815. The summed E-state index contributed by atoms with van der Waals surface area (Å²) in [5, 5.41) is 2.50. The van der Waals surface area contributed by atoms with Crippen molar-refractivity contribution in [1.29, 1.82) is 0 Å². The molecule has 0 saturated carbocycles. The van der Waals surface area contributed by atoms with Gasteiger partial charge in [-0.1, -0.05) is 11.3 Å². The van der Waals surface area contributed by atoms with E-state index >= 15 is 0 Å². The quantitative estimate of drug-likeness (QED) is 0.511. The molecule has 170 valence electrons. The summed E-state index contributed by atoms with van der Waals surface area (Å²) in [5.41, 5.74) is 0.495. The molecule has 0 bridgehead atoms. The molecule has 1 amide bonds. The molecule has 2 aromatic carbocycles. The van der Waals surface area contributed by atoms with Gasteiger partial charge < -0.3 is 14.8 Å². The van der Waals surface area contributed by atoms with Crippen molar-refractivity contribution in [2.24, 2.45) is 0 Å². The number of nitrogens with one attached hydrogen (secondary N) is 2. The van der Waals surface area contributed by atoms with Gasteiger partial charge in [-0.2, -0.15) is 0 Å². The second-order valence-corrected chi connectivity index (χ2v) is 8.92. The number of hydrogen-bond acceptors (Lipinski definition) is 7. The molecule has 0 aliphatic rings. The van der Waals surface area contributed by atoms with Gasteiger partial charge >= 0.3 is 6.36 Å². The number of ether oxygens (including phenoxy) is 2. The van der Waals surface area contributed by atoms with Crippen molar-refractivity contribution >= 4 is 38.1 Å². The first-order chi connectivity index (χ1) is 15.0. The molecule has 0 radical (unpaired) electrons. The van der Waals surface area contributed by atoms with Crippen LogP contribution >= 0.6 is 11.3 Å². The highest BCUT2D eigenvalue weighted by atomic mass is 32.2. The Morgan fingerprint density at radius 2 is 1.62 bits per heavy atom. The predicted octanol–water partition coefficient (Wildman–Crippen LogP) is 4.41. The topological polar surface area (TPSA) is 107 Å².